The molecule has 1 N–H and O–H groups in total. The van der Waals surface area contributed by atoms with Gasteiger partial charge in [-0.25, -0.2) is 0 Å². The van der Waals surface area contributed by atoms with Gasteiger partial charge in [-0.2, -0.15) is 4.98 Å². The lowest BCUT2D eigenvalue weighted by atomic mass is 9.77. The van der Waals surface area contributed by atoms with Crippen LogP contribution in [-0.2, 0) is 17.8 Å². The lowest BCUT2D eigenvalue weighted by Gasteiger charge is -2.38. The molecule has 0 saturated carbocycles. The van der Waals surface area contributed by atoms with Gasteiger partial charge in [-0.15, -0.1) is 0 Å². The Hall–Kier alpha value is -1.43. The third-order valence-corrected chi connectivity index (χ3v) is 3.96. The molecule has 1 aliphatic heterocycles. The summed E-state index contributed by atoms with van der Waals surface area (Å²) in [6.07, 6.45) is 3.03. The summed E-state index contributed by atoms with van der Waals surface area (Å²) in [5.41, 5.74) is -0.616. The minimum Gasteiger partial charge on any atom is -0.481 e. The number of hydrogen-bond donors (Lipinski definition) is 1. The second-order valence-corrected chi connectivity index (χ2v) is 5.21. The number of carboxylic acids is 1. The lowest BCUT2D eigenvalue weighted by Crippen LogP contribution is -2.47. The Bertz CT molecular complexity index is 446. The molecule has 1 atom stereocenters. The van der Waals surface area contributed by atoms with Crippen LogP contribution in [0.3, 0.4) is 0 Å². The topological polar surface area (TPSA) is 79.5 Å². The van der Waals surface area contributed by atoms with Crippen LogP contribution in [0.15, 0.2) is 4.52 Å². The molecule has 106 valence electrons. The van der Waals surface area contributed by atoms with Gasteiger partial charge in [0.25, 0.3) is 0 Å². The van der Waals surface area contributed by atoms with Gasteiger partial charge in [-0.05, 0) is 25.8 Å². The zero-order valence-electron chi connectivity index (χ0n) is 11.6. The average Bonchev–Trinajstić information content (AvgIpc) is 2.86. The van der Waals surface area contributed by atoms with E-state index in [0.717, 1.165) is 25.8 Å². The molecule has 6 heteroatoms. The minimum atomic E-state index is -0.693. The molecular formula is C13H21N3O3. The first-order chi connectivity index (χ1) is 9.09. The molecule has 0 bridgehead atoms. The quantitative estimate of drug-likeness (QED) is 0.874. The van der Waals surface area contributed by atoms with Gasteiger partial charge in [0.05, 0.1) is 12.0 Å². The molecule has 1 saturated heterocycles. The average molecular weight is 267 g/mol. The third kappa shape index (κ3) is 2.94. The number of aromatic nitrogens is 2. The van der Waals surface area contributed by atoms with Crippen molar-refractivity contribution in [2.24, 2.45) is 5.41 Å². The number of piperidine rings is 1. The van der Waals surface area contributed by atoms with E-state index in [-0.39, 0.29) is 0 Å². The van der Waals surface area contributed by atoms with Crippen molar-refractivity contribution >= 4 is 5.97 Å². The molecule has 1 aliphatic rings. The predicted molar refractivity (Wildman–Crippen MR) is 68.5 cm³/mol. The Morgan fingerprint density at radius 1 is 1.53 bits per heavy atom. The molecule has 2 heterocycles. The van der Waals surface area contributed by atoms with Crippen LogP contribution in [0.5, 0.6) is 0 Å². The fraction of sp³-hybridized carbons (Fsp3) is 0.769. The highest BCUT2D eigenvalue weighted by Crippen LogP contribution is 2.34. The summed E-state index contributed by atoms with van der Waals surface area (Å²) in [6.45, 7) is 5.93. The van der Waals surface area contributed by atoms with Gasteiger partial charge in [-0.3, -0.25) is 9.69 Å². The Labute approximate surface area is 112 Å². The largest absolute Gasteiger partial charge is 0.481 e. The van der Waals surface area contributed by atoms with E-state index in [0.29, 0.717) is 31.2 Å². The molecule has 0 amide bonds. The number of nitrogens with zero attached hydrogens (tertiary/aromatic N) is 3. The van der Waals surface area contributed by atoms with E-state index in [1.807, 2.05) is 13.8 Å². The highest BCUT2D eigenvalue weighted by atomic mass is 16.5. The number of rotatable bonds is 5. The van der Waals surface area contributed by atoms with E-state index < -0.39 is 11.4 Å². The number of likely N-dealkylation sites (tertiary alicyclic amines) is 1. The molecule has 1 aromatic heterocycles. The molecular weight excluding hydrogens is 246 g/mol. The Morgan fingerprint density at radius 3 is 2.89 bits per heavy atom. The number of carboxylic acid groups (broad SMARTS) is 1. The summed E-state index contributed by atoms with van der Waals surface area (Å²) >= 11 is 0. The number of aliphatic carboxylic acids is 1. The van der Waals surface area contributed by atoms with Gasteiger partial charge in [0.15, 0.2) is 5.82 Å². The van der Waals surface area contributed by atoms with Crippen molar-refractivity contribution in [3.8, 4) is 0 Å². The minimum absolute atomic E-state index is 0.564. The molecule has 6 nitrogen and oxygen atoms in total. The number of hydrogen-bond acceptors (Lipinski definition) is 5. The summed E-state index contributed by atoms with van der Waals surface area (Å²) < 4.78 is 5.08. The van der Waals surface area contributed by atoms with Gasteiger partial charge < -0.3 is 9.63 Å². The van der Waals surface area contributed by atoms with Crippen molar-refractivity contribution in [1.29, 1.82) is 0 Å². The maximum Gasteiger partial charge on any atom is 0.310 e. The van der Waals surface area contributed by atoms with Crippen LogP contribution in [0.1, 0.15) is 44.8 Å². The Morgan fingerprint density at radius 2 is 2.32 bits per heavy atom. The first kappa shape index (κ1) is 14.0. The van der Waals surface area contributed by atoms with Crippen molar-refractivity contribution in [2.75, 3.05) is 13.1 Å². The zero-order valence-corrected chi connectivity index (χ0v) is 11.6. The Kier molecular flexibility index (Phi) is 4.19. The van der Waals surface area contributed by atoms with Gasteiger partial charge in [0.2, 0.25) is 5.89 Å². The molecule has 1 fully saturated rings. The molecule has 0 aromatic carbocycles. The standard InChI is InChI=1S/C13H21N3O3/c1-3-11-14-10(15-19-11)8-16-7-5-6-13(4-2,9-16)12(17)18/h3-9H2,1-2H3,(H,17,18). The first-order valence-corrected chi connectivity index (χ1v) is 6.87. The van der Waals surface area contributed by atoms with Gasteiger partial charge >= 0.3 is 5.97 Å². The van der Waals surface area contributed by atoms with Crippen LogP contribution in [0.4, 0.5) is 0 Å². The van der Waals surface area contributed by atoms with E-state index in [1.165, 1.54) is 0 Å². The van der Waals surface area contributed by atoms with Crippen LogP contribution in [0.25, 0.3) is 0 Å². The van der Waals surface area contributed by atoms with Crippen molar-refractivity contribution in [1.82, 2.24) is 15.0 Å². The zero-order chi connectivity index (χ0) is 13.9. The third-order valence-electron chi connectivity index (χ3n) is 3.96. The highest BCUT2D eigenvalue weighted by molar-refractivity contribution is 5.75. The molecule has 19 heavy (non-hydrogen) atoms. The molecule has 1 unspecified atom stereocenters. The van der Waals surface area contributed by atoms with Crippen molar-refractivity contribution in [3.63, 3.8) is 0 Å². The summed E-state index contributed by atoms with van der Waals surface area (Å²) in [5, 5.41) is 13.4. The van der Waals surface area contributed by atoms with Crippen molar-refractivity contribution < 1.29 is 14.4 Å². The first-order valence-electron chi connectivity index (χ1n) is 6.87. The molecule has 1 aromatic rings. The maximum atomic E-state index is 11.5. The summed E-state index contributed by atoms with van der Waals surface area (Å²) in [7, 11) is 0. The SMILES string of the molecule is CCc1nc(CN2CCCC(CC)(C(=O)O)C2)no1. The van der Waals surface area contributed by atoms with Gasteiger partial charge in [0, 0.05) is 13.0 Å². The smallest absolute Gasteiger partial charge is 0.310 e. The van der Waals surface area contributed by atoms with Crippen LogP contribution in [0, 0.1) is 5.41 Å². The molecule has 0 radical (unpaired) electrons. The van der Waals surface area contributed by atoms with Crippen LogP contribution in [0.2, 0.25) is 0 Å². The molecule has 0 aliphatic carbocycles. The normalized spacial score (nSPS) is 24.5. The van der Waals surface area contributed by atoms with Crippen LogP contribution < -0.4 is 0 Å². The second-order valence-electron chi connectivity index (χ2n) is 5.21. The van der Waals surface area contributed by atoms with E-state index in [9.17, 15) is 9.90 Å². The Balaban J connectivity index is 2.03. The van der Waals surface area contributed by atoms with Crippen LogP contribution >= 0.6 is 0 Å². The van der Waals surface area contributed by atoms with E-state index in [1.54, 1.807) is 0 Å². The highest BCUT2D eigenvalue weighted by Gasteiger charge is 2.40. The lowest BCUT2D eigenvalue weighted by molar-refractivity contribution is -0.153. The van der Waals surface area contributed by atoms with Crippen LogP contribution in [-0.4, -0.2) is 39.2 Å². The second kappa shape index (κ2) is 5.69. The summed E-state index contributed by atoms with van der Waals surface area (Å²) in [5.74, 6) is 0.586. The number of carbonyl (C=O) groups is 1. The fourth-order valence-corrected chi connectivity index (χ4v) is 2.67. The fourth-order valence-electron chi connectivity index (χ4n) is 2.67. The molecule has 0 spiro atoms. The van der Waals surface area contributed by atoms with Crippen molar-refractivity contribution in [2.45, 2.75) is 46.1 Å². The maximum absolute atomic E-state index is 11.5. The summed E-state index contributed by atoms with van der Waals surface area (Å²) in [4.78, 5) is 17.9. The predicted octanol–water partition coefficient (Wildman–Crippen LogP) is 1.71. The van der Waals surface area contributed by atoms with E-state index in [4.69, 9.17) is 4.52 Å². The monoisotopic (exact) mass is 267 g/mol. The number of aryl methyl sites for hydroxylation is 1. The van der Waals surface area contributed by atoms with E-state index >= 15 is 0 Å². The van der Waals surface area contributed by atoms with Gasteiger partial charge in [-0.1, -0.05) is 19.0 Å². The van der Waals surface area contributed by atoms with E-state index in [2.05, 4.69) is 15.0 Å². The molecule has 2 rings (SSSR count). The van der Waals surface area contributed by atoms with Gasteiger partial charge in [0.1, 0.15) is 0 Å². The summed E-state index contributed by atoms with van der Waals surface area (Å²) in [6, 6.07) is 0. The van der Waals surface area contributed by atoms with Crippen molar-refractivity contribution in [3.05, 3.63) is 11.7 Å².